The van der Waals surface area contributed by atoms with Gasteiger partial charge < -0.3 is 0 Å². The average Bonchev–Trinajstić information content (AvgIpc) is 3.18. The standard InChI is InChI=1S/C24H17N3/c1-3-7-18(8-4-1)20-12-14-27-23(17-26-24(27)16-20)21-11-13-25-22(15-21)19-9-5-2-6-10-19/h1-17H. The van der Waals surface area contributed by atoms with Crippen LogP contribution in [0.5, 0.6) is 0 Å². The van der Waals surface area contributed by atoms with Crippen molar-refractivity contribution < 1.29 is 0 Å². The molecule has 0 saturated heterocycles. The second-order valence-corrected chi connectivity index (χ2v) is 6.45. The highest BCUT2D eigenvalue weighted by molar-refractivity contribution is 5.73. The molecule has 5 aromatic rings. The Labute approximate surface area is 157 Å². The molecule has 0 N–H and O–H groups in total. The molecule has 0 unspecified atom stereocenters. The van der Waals surface area contributed by atoms with Gasteiger partial charge in [-0.2, -0.15) is 0 Å². The van der Waals surface area contributed by atoms with Crippen LogP contribution in [0.3, 0.4) is 0 Å². The summed E-state index contributed by atoms with van der Waals surface area (Å²) in [6.07, 6.45) is 5.87. The molecule has 0 spiro atoms. The van der Waals surface area contributed by atoms with Gasteiger partial charge in [-0.15, -0.1) is 0 Å². The fraction of sp³-hybridized carbons (Fsp3) is 0. The van der Waals surface area contributed by atoms with E-state index in [2.05, 4.69) is 75.2 Å². The SMILES string of the molecule is c1ccc(-c2ccn3c(-c4ccnc(-c5ccccc5)c4)cnc3c2)cc1. The molecule has 128 valence electrons. The minimum atomic E-state index is 0.935. The molecule has 3 heterocycles. The first-order chi connectivity index (χ1) is 13.4. The first-order valence-electron chi connectivity index (χ1n) is 8.93. The molecule has 3 heteroatoms. The van der Waals surface area contributed by atoms with Crippen LogP contribution >= 0.6 is 0 Å². The minimum absolute atomic E-state index is 0.935. The molecular weight excluding hydrogens is 330 g/mol. The summed E-state index contributed by atoms with van der Waals surface area (Å²) in [5, 5.41) is 0. The molecular formula is C24H17N3. The minimum Gasteiger partial charge on any atom is -0.300 e. The Bertz CT molecular complexity index is 1210. The van der Waals surface area contributed by atoms with Crippen molar-refractivity contribution in [2.45, 2.75) is 0 Å². The Morgan fingerprint density at radius 2 is 1.33 bits per heavy atom. The van der Waals surface area contributed by atoms with Crippen molar-refractivity contribution in [2.75, 3.05) is 0 Å². The van der Waals surface area contributed by atoms with Crippen LogP contribution in [0.1, 0.15) is 0 Å². The molecule has 27 heavy (non-hydrogen) atoms. The Balaban J connectivity index is 1.58. The van der Waals surface area contributed by atoms with Crippen LogP contribution in [-0.4, -0.2) is 14.4 Å². The van der Waals surface area contributed by atoms with Gasteiger partial charge in [0.15, 0.2) is 0 Å². The van der Waals surface area contributed by atoms with Crippen molar-refractivity contribution in [3.8, 4) is 33.6 Å². The van der Waals surface area contributed by atoms with Gasteiger partial charge >= 0.3 is 0 Å². The van der Waals surface area contributed by atoms with Crippen molar-refractivity contribution in [2.24, 2.45) is 0 Å². The van der Waals surface area contributed by atoms with Crippen molar-refractivity contribution >= 4 is 5.65 Å². The first-order valence-corrected chi connectivity index (χ1v) is 8.93. The van der Waals surface area contributed by atoms with Gasteiger partial charge in [-0.1, -0.05) is 60.7 Å². The van der Waals surface area contributed by atoms with Gasteiger partial charge in [0.1, 0.15) is 5.65 Å². The van der Waals surface area contributed by atoms with Gasteiger partial charge in [0.25, 0.3) is 0 Å². The summed E-state index contributed by atoms with van der Waals surface area (Å²) in [5.41, 5.74) is 7.53. The third-order valence-electron chi connectivity index (χ3n) is 4.75. The molecule has 3 aromatic heterocycles. The zero-order chi connectivity index (χ0) is 18.1. The normalized spacial score (nSPS) is 11.0. The van der Waals surface area contributed by atoms with E-state index in [4.69, 9.17) is 0 Å². The smallest absolute Gasteiger partial charge is 0.137 e. The van der Waals surface area contributed by atoms with Gasteiger partial charge in [0.2, 0.25) is 0 Å². The van der Waals surface area contributed by atoms with Gasteiger partial charge in [-0.05, 0) is 35.4 Å². The van der Waals surface area contributed by atoms with Crippen LogP contribution in [-0.2, 0) is 0 Å². The average molecular weight is 347 g/mol. The summed E-state index contributed by atoms with van der Waals surface area (Å²) in [7, 11) is 0. The van der Waals surface area contributed by atoms with E-state index in [0.29, 0.717) is 0 Å². The van der Waals surface area contributed by atoms with E-state index in [0.717, 1.165) is 28.2 Å². The third kappa shape index (κ3) is 2.89. The molecule has 0 aliphatic rings. The molecule has 0 radical (unpaired) electrons. The quantitative estimate of drug-likeness (QED) is 0.417. The summed E-state index contributed by atoms with van der Waals surface area (Å²) in [4.78, 5) is 9.15. The maximum absolute atomic E-state index is 4.63. The molecule has 0 fully saturated rings. The molecule has 5 rings (SSSR count). The number of nitrogens with zero attached hydrogens (tertiary/aromatic N) is 3. The van der Waals surface area contributed by atoms with Crippen molar-refractivity contribution in [1.82, 2.24) is 14.4 Å². The molecule has 2 aromatic carbocycles. The number of imidazole rings is 1. The van der Waals surface area contributed by atoms with Crippen LogP contribution in [0.2, 0.25) is 0 Å². The Morgan fingerprint density at radius 1 is 0.593 bits per heavy atom. The second-order valence-electron chi connectivity index (χ2n) is 6.45. The molecule has 0 saturated carbocycles. The summed E-state index contributed by atoms with van der Waals surface area (Å²) < 4.78 is 2.12. The van der Waals surface area contributed by atoms with Crippen LogP contribution < -0.4 is 0 Å². The first kappa shape index (κ1) is 15.5. The van der Waals surface area contributed by atoms with Crippen LogP contribution in [0, 0.1) is 0 Å². The fourth-order valence-corrected chi connectivity index (χ4v) is 3.36. The Hall–Kier alpha value is -3.72. The zero-order valence-electron chi connectivity index (χ0n) is 14.7. The van der Waals surface area contributed by atoms with E-state index in [1.807, 2.05) is 42.7 Å². The predicted octanol–water partition coefficient (Wildman–Crippen LogP) is 5.73. The van der Waals surface area contributed by atoms with E-state index in [-0.39, 0.29) is 0 Å². The number of pyridine rings is 2. The monoisotopic (exact) mass is 347 g/mol. The number of aromatic nitrogens is 3. The van der Waals surface area contributed by atoms with Crippen molar-refractivity contribution in [1.29, 1.82) is 0 Å². The fourth-order valence-electron chi connectivity index (χ4n) is 3.36. The van der Waals surface area contributed by atoms with Gasteiger partial charge in [0.05, 0.1) is 17.6 Å². The third-order valence-corrected chi connectivity index (χ3v) is 4.75. The van der Waals surface area contributed by atoms with Crippen LogP contribution in [0.4, 0.5) is 0 Å². The number of rotatable bonds is 3. The van der Waals surface area contributed by atoms with Crippen LogP contribution in [0.15, 0.2) is 104 Å². The summed E-state index contributed by atoms with van der Waals surface area (Å²) in [5.74, 6) is 0. The summed E-state index contributed by atoms with van der Waals surface area (Å²) in [6, 6.07) is 29.0. The molecule has 0 aliphatic heterocycles. The lowest BCUT2D eigenvalue weighted by molar-refractivity contribution is 1.19. The Morgan fingerprint density at radius 3 is 2.11 bits per heavy atom. The van der Waals surface area contributed by atoms with E-state index in [1.165, 1.54) is 11.1 Å². The largest absolute Gasteiger partial charge is 0.300 e. The lowest BCUT2D eigenvalue weighted by atomic mass is 10.1. The maximum atomic E-state index is 4.63. The summed E-state index contributed by atoms with van der Waals surface area (Å²) in [6.45, 7) is 0. The highest BCUT2D eigenvalue weighted by Gasteiger charge is 2.09. The highest BCUT2D eigenvalue weighted by atomic mass is 15.0. The number of hydrogen-bond donors (Lipinski definition) is 0. The number of fused-ring (bicyclic) bond motifs is 1. The highest BCUT2D eigenvalue weighted by Crippen LogP contribution is 2.27. The van der Waals surface area contributed by atoms with Gasteiger partial charge in [-0.25, -0.2) is 4.98 Å². The molecule has 0 atom stereocenters. The topological polar surface area (TPSA) is 30.2 Å². The molecule has 3 nitrogen and oxygen atoms in total. The molecule has 0 aliphatic carbocycles. The predicted molar refractivity (Wildman–Crippen MR) is 109 cm³/mol. The van der Waals surface area contributed by atoms with Crippen molar-refractivity contribution in [3.05, 3.63) is 104 Å². The molecule has 0 bridgehead atoms. The number of hydrogen-bond acceptors (Lipinski definition) is 2. The van der Waals surface area contributed by atoms with E-state index >= 15 is 0 Å². The van der Waals surface area contributed by atoms with E-state index in [9.17, 15) is 0 Å². The molecule has 0 amide bonds. The maximum Gasteiger partial charge on any atom is 0.137 e. The van der Waals surface area contributed by atoms with Crippen molar-refractivity contribution in [3.63, 3.8) is 0 Å². The lowest BCUT2D eigenvalue weighted by Crippen LogP contribution is -1.90. The van der Waals surface area contributed by atoms with E-state index in [1.54, 1.807) is 0 Å². The van der Waals surface area contributed by atoms with E-state index < -0.39 is 0 Å². The number of benzene rings is 2. The second kappa shape index (κ2) is 6.54. The Kier molecular flexibility index (Phi) is 3.76. The van der Waals surface area contributed by atoms with Crippen LogP contribution in [0.25, 0.3) is 39.3 Å². The van der Waals surface area contributed by atoms with Gasteiger partial charge in [0, 0.05) is 23.5 Å². The summed E-state index contributed by atoms with van der Waals surface area (Å²) >= 11 is 0. The van der Waals surface area contributed by atoms with Gasteiger partial charge in [-0.3, -0.25) is 9.38 Å². The lowest BCUT2D eigenvalue weighted by Gasteiger charge is -2.07. The zero-order valence-corrected chi connectivity index (χ0v) is 14.7.